The van der Waals surface area contributed by atoms with Gasteiger partial charge in [0, 0.05) is 36.0 Å². The van der Waals surface area contributed by atoms with E-state index in [0.717, 1.165) is 45.9 Å². The van der Waals surface area contributed by atoms with Crippen LogP contribution in [0.2, 0.25) is 0 Å². The highest BCUT2D eigenvalue weighted by atomic mass is 19.1. The number of anilines is 1. The zero-order valence-corrected chi connectivity index (χ0v) is 17.2. The number of fused-ring (bicyclic) bond motifs is 1. The molecular weight excluding hydrogens is 379 g/mol. The number of pyridine rings is 1. The smallest absolute Gasteiger partial charge is 0.142 e. The Kier molecular flexibility index (Phi) is 5.61. The van der Waals surface area contributed by atoms with Crippen LogP contribution >= 0.6 is 0 Å². The molecule has 1 N–H and O–H groups in total. The molecule has 0 saturated heterocycles. The number of aryl methyl sites for hydroxylation is 1. The van der Waals surface area contributed by atoms with Crippen molar-refractivity contribution >= 4 is 16.7 Å². The molecule has 4 aromatic rings. The van der Waals surface area contributed by atoms with Crippen LogP contribution in [0.1, 0.15) is 31.2 Å². The van der Waals surface area contributed by atoms with Gasteiger partial charge >= 0.3 is 0 Å². The lowest BCUT2D eigenvalue weighted by Crippen LogP contribution is -2.18. The van der Waals surface area contributed by atoms with E-state index in [1.54, 1.807) is 12.4 Å². The second-order valence-corrected chi connectivity index (χ2v) is 7.53. The average molecular weight is 402 g/mol. The van der Waals surface area contributed by atoms with Crippen molar-refractivity contribution in [2.75, 3.05) is 11.9 Å². The summed E-state index contributed by atoms with van der Waals surface area (Å²) in [5.74, 6) is 1.67. The van der Waals surface area contributed by atoms with Crippen LogP contribution < -0.4 is 5.32 Å². The van der Waals surface area contributed by atoms with Crippen molar-refractivity contribution in [3.8, 4) is 11.3 Å². The third kappa shape index (κ3) is 4.25. The van der Waals surface area contributed by atoms with Crippen LogP contribution in [0.4, 0.5) is 10.2 Å². The van der Waals surface area contributed by atoms with Crippen LogP contribution in [0, 0.1) is 18.7 Å². The van der Waals surface area contributed by atoms with Gasteiger partial charge in [0.15, 0.2) is 0 Å². The Morgan fingerprint density at radius 1 is 0.967 bits per heavy atom. The predicted octanol–water partition coefficient (Wildman–Crippen LogP) is 4.78. The summed E-state index contributed by atoms with van der Waals surface area (Å²) < 4.78 is 13.5. The molecule has 0 aliphatic carbocycles. The summed E-state index contributed by atoms with van der Waals surface area (Å²) in [5.41, 5.74) is 3.58. The number of nitrogens with one attached hydrogen (secondary N) is 1. The van der Waals surface area contributed by atoms with E-state index in [1.807, 2.05) is 25.1 Å². The van der Waals surface area contributed by atoms with Crippen molar-refractivity contribution in [2.45, 2.75) is 26.7 Å². The zero-order valence-electron chi connectivity index (χ0n) is 17.2. The molecule has 30 heavy (non-hydrogen) atoms. The molecule has 0 radical (unpaired) electrons. The van der Waals surface area contributed by atoms with Gasteiger partial charge in [0.25, 0.3) is 0 Å². The van der Waals surface area contributed by atoms with Gasteiger partial charge < -0.3 is 5.32 Å². The molecule has 0 saturated carbocycles. The summed E-state index contributed by atoms with van der Waals surface area (Å²) in [4.78, 5) is 21.4. The molecule has 0 amide bonds. The second kappa shape index (κ2) is 8.49. The molecule has 152 valence electrons. The van der Waals surface area contributed by atoms with Crippen LogP contribution in [0.25, 0.3) is 22.2 Å². The lowest BCUT2D eigenvalue weighted by atomic mass is 9.87. The molecule has 0 bridgehead atoms. The van der Waals surface area contributed by atoms with Crippen LogP contribution in [-0.4, -0.2) is 31.5 Å². The van der Waals surface area contributed by atoms with Gasteiger partial charge in [-0.15, -0.1) is 0 Å². The van der Waals surface area contributed by atoms with Crippen molar-refractivity contribution in [1.82, 2.24) is 24.9 Å². The zero-order chi connectivity index (χ0) is 21.1. The highest BCUT2D eigenvalue weighted by molar-refractivity contribution is 5.82. The van der Waals surface area contributed by atoms with Crippen molar-refractivity contribution in [3.05, 3.63) is 72.5 Å². The van der Waals surface area contributed by atoms with Crippen molar-refractivity contribution in [1.29, 1.82) is 0 Å². The van der Waals surface area contributed by atoms with E-state index in [0.29, 0.717) is 5.92 Å². The van der Waals surface area contributed by atoms with E-state index in [1.165, 1.54) is 18.6 Å². The SMILES string of the molecule is Cc1ncc(-c2cc(NC[C@@H](C)C(C)c3cccc4cc(F)cnc34)ncn2)cn1. The quantitative estimate of drug-likeness (QED) is 0.500. The first-order valence-corrected chi connectivity index (χ1v) is 9.90. The fraction of sp³-hybridized carbons (Fsp3) is 0.261. The molecule has 6 nitrogen and oxygen atoms in total. The van der Waals surface area contributed by atoms with Crippen LogP contribution in [0.5, 0.6) is 0 Å². The molecule has 0 aliphatic heterocycles. The van der Waals surface area contributed by atoms with E-state index < -0.39 is 0 Å². The van der Waals surface area contributed by atoms with E-state index in [4.69, 9.17) is 0 Å². The van der Waals surface area contributed by atoms with Gasteiger partial charge in [0.2, 0.25) is 0 Å². The molecule has 4 rings (SSSR count). The standard InChI is InChI=1S/C23H23FN6/c1-14(15(2)20-6-4-5-17-7-19(24)12-28-23(17)20)9-27-22-8-21(29-13-30-22)18-10-25-16(3)26-11-18/h4-8,10-15H,9H2,1-3H3,(H,27,29,30)/t14-,15?/m1/s1. The minimum Gasteiger partial charge on any atom is -0.370 e. The van der Waals surface area contributed by atoms with E-state index in [2.05, 4.69) is 50.2 Å². The Balaban J connectivity index is 1.48. The van der Waals surface area contributed by atoms with Gasteiger partial charge in [-0.25, -0.2) is 24.3 Å². The second-order valence-electron chi connectivity index (χ2n) is 7.53. The Bertz CT molecular complexity index is 1160. The number of rotatable bonds is 6. The molecule has 1 aromatic carbocycles. The molecule has 2 atom stereocenters. The Morgan fingerprint density at radius 2 is 1.77 bits per heavy atom. The van der Waals surface area contributed by atoms with Crippen LogP contribution in [-0.2, 0) is 0 Å². The first kappa shape index (κ1) is 19.8. The molecule has 0 aliphatic rings. The van der Waals surface area contributed by atoms with Gasteiger partial charge in [0.05, 0.1) is 17.4 Å². The Labute approximate surface area is 174 Å². The summed E-state index contributed by atoms with van der Waals surface area (Å²) in [6.07, 6.45) is 6.33. The molecule has 0 fully saturated rings. The van der Waals surface area contributed by atoms with Gasteiger partial charge in [-0.05, 0) is 30.4 Å². The number of aromatic nitrogens is 5. The van der Waals surface area contributed by atoms with Gasteiger partial charge in [0.1, 0.15) is 23.8 Å². The monoisotopic (exact) mass is 402 g/mol. The summed E-state index contributed by atoms with van der Waals surface area (Å²) in [7, 11) is 0. The van der Waals surface area contributed by atoms with Crippen molar-refractivity contribution in [3.63, 3.8) is 0 Å². The minimum absolute atomic E-state index is 0.228. The summed E-state index contributed by atoms with van der Waals surface area (Å²) in [5, 5.41) is 4.22. The number of para-hydroxylation sites is 1. The highest BCUT2D eigenvalue weighted by Gasteiger charge is 2.18. The van der Waals surface area contributed by atoms with Gasteiger partial charge in [-0.1, -0.05) is 32.0 Å². The molecular formula is C23H23FN6. The fourth-order valence-electron chi connectivity index (χ4n) is 3.41. The van der Waals surface area contributed by atoms with E-state index in [-0.39, 0.29) is 11.7 Å². The minimum atomic E-state index is -0.319. The molecule has 1 unspecified atom stereocenters. The summed E-state index contributed by atoms with van der Waals surface area (Å²) in [6, 6.07) is 9.33. The molecule has 3 heterocycles. The van der Waals surface area contributed by atoms with Gasteiger partial charge in [-0.2, -0.15) is 0 Å². The third-order valence-electron chi connectivity index (χ3n) is 5.40. The predicted molar refractivity (Wildman–Crippen MR) is 116 cm³/mol. The maximum Gasteiger partial charge on any atom is 0.142 e. The topological polar surface area (TPSA) is 76.5 Å². The van der Waals surface area contributed by atoms with Crippen molar-refractivity contribution < 1.29 is 4.39 Å². The third-order valence-corrected chi connectivity index (χ3v) is 5.40. The molecule has 0 spiro atoms. The van der Waals surface area contributed by atoms with Crippen molar-refractivity contribution in [2.24, 2.45) is 5.92 Å². The Hall–Kier alpha value is -3.48. The maximum absolute atomic E-state index is 13.5. The lowest BCUT2D eigenvalue weighted by molar-refractivity contribution is 0.513. The first-order chi connectivity index (χ1) is 14.5. The van der Waals surface area contributed by atoms with Gasteiger partial charge in [-0.3, -0.25) is 4.98 Å². The highest BCUT2D eigenvalue weighted by Crippen LogP contribution is 2.30. The van der Waals surface area contributed by atoms with Crippen LogP contribution in [0.15, 0.2) is 55.2 Å². The number of benzene rings is 1. The maximum atomic E-state index is 13.5. The fourth-order valence-corrected chi connectivity index (χ4v) is 3.41. The van der Waals surface area contributed by atoms with E-state index in [9.17, 15) is 4.39 Å². The number of halogens is 1. The molecule has 7 heteroatoms. The Morgan fingerprint density at radius 3 is 2.57 bits per heavy atom. The first-order valence-electron chi connectivity index (χ1n) is 9.90. The summed E-state index contributed by atoms with van der Waals surface area (Å²) in [6.45, 7) is 6.91. The number of hydrogen-bond donors (Lipinski definition) is 1. The summed E-state index contributed by atoms with van der Waals surface area (Å²) >= 11 is 0. The number of nitrogens with zero attached hydrogens (tertiary/aromatic N) is 5. The molecule has 3 aromatic heterocycles. The number of hydrogen-bond acceptors (Lipinski definition) is 6. The lowest BCUT2D eigenvalue weighted by Gasteiger charge is -2.22. The largest absolute Gasteiger partial charge is 0.370 e. The van der Waals surface area contributed by atoms with Crippen LogP contribution in [0.3, 0.4) is 0 Å². The average Bonchev–Trinajstić information content (AvgIpc) is 2.77. The normalized spacial score (nSPS) is 13.2. The van der Waals surface area contributed by atoms with E-state index >= 15 is 0 Å².